The summed E-state index contributed by atoms with van der Waals surface area (Å²) in [5.74, 6) is -0.0344. The van der Waals surface area contributed by atoms with Crippen LogP contribution in [0.4, 0.5) is 0 Å². The average molecular weight is 349 g/mol. The van der Waals surface area contributed by atoms with Crippen molar-refractivity contribution >= 4 is 28.9 Å². The van der Waals surface area contributed by atoms with E-state index < -0.39 is 5.97 Å². The summed E-state index contributed by atoms with van der Waals surface area (Å²) in [6.07, 6.45) is 0.258. The van der Waals surface area contributed by atoms with E-state index in [9.17, 15) is 9.59 Å². The predicted octanol–water partition coefficient (Wildman–Crippen LogP) is 4.38. The van der Waals surface area contributed by atoms with Gasteiger partial charge in [0.2, 0.25) is 0 Å². The minimum atomic E-state index is -0.607. The number of hydrogen-bond donors (Lipinski definition) is 0. The van der Waals surface area contributed by atoms with Gasteiger partial charge >= 0.3 is 5.97 Å². The number of ketones is 1. The lowest BCUT2D eigenvalue weighted by molar-refractivity contribution is 0.0599. The van der Waals surface area contributed by atoms with Crippen molar-refractivity contribution in [3.8, 4) is 5.75 Å². The Hall–Kier alpha value is -2.53. The van der Waals surface area contributed by atoms with Gasteiger partial charge in [-0.15, -0.1) is 0 Å². The second-order valence-corrected chi connectivity index (χ2v) is 5.36. The van der Waals surface area contributed by atoms with Crippen LogP contribution < -0.4 is 4.74 Å². The molecule has 24 heavy (non-hydrogen) atoms. The fraction of sp³-hybridized carbons (Fsp3) is 0.222. The Labute approximate surface area is 144 Å². The molecule has 0 amide bonds. The van der Waals surface area contributed by atoms with Crippen LogP contribution in [0.1, 0.15) is 45.6 Å². The highest BCUT2D eigenvalue weighted by atomic mass is 35.5. The van der Waals surface area contributed by atoms with Crippen molar-refractivity contribution in [3.63, 3.8) is 0 Å². The zero-order valence-corrected chi connectivity index (χ0v) is 14.4. The Morgan fingerprint density at radius 1 is 1.25 bits per heavy atom. The topological polar surface area (TPSA) is 65.7 Å². The lowest BCUT2D eigenvalue weighted by atomic mass is 10.0. The number of hydrogen-bond acceptors (Lipinski definition) is 5. The molecule has 1 aromatic carbocycles. The molecule has 0 aliphatic heterocycles. The van der Waals surface area contributed by atoms with Crippen molar-refractivity contribution in [2.24, 2.45) is 0 Å². The second-order valence-electron chi connectivity index (χ2n) is 4.95. The summed E-state index contributed by atoms with van der Waals surface area (Å²) in [6, 6.07) is 6.44. The highest BCUT2D eigenvalue weighted by Crippen LogP contribution is 2.33. The van der Waals surface area contributed by atoms with E-state index in [-0.39, 0.29) is 29.3 Å². The number of carbonyl (C=O) groups is 2. The zero-order valence-electron chi connectivity index (χ0n) is 13.6. The molecule has 2 rings (SSSR count). The van der Waals surface area contributed by atoms with Crippen molar-refractivity contribution in [1.82, 2.24) is 0 Å². The molecular weight excluding hydrogens is 332 g/mol. The van der Waals surface area contributed by atoms with E-state index in [0.717, 1.165) is 0 Å². The van der Waals surface area contributed by atoms with Gasteiger partial charge < -0.3 is 13.9 Å². The molecule has 0 bridgehead atoms. The van der Waals surface area contributed by atoms with Crippen molar-refractivity contribution < 1.29 is 23.5 Å². The number of Topliss-reactive ketones (excluding diaryl/α,β-unsaturated/α-hetero) is 1. The van der Waals surface area contributed by atoms with Crippen LogP contribution in [0.5, 0.6) is 5.75 Å². The Bertz CT molecular complexity index is 804. The van der Waals surface area contributed by atoms with Crippen LogP contribution in [0.3, 0.4) is 0 Å². The molecular formula is C18H17ClO5. The molecule has 1 heterocycles. The smallest absolute Gasteiger partial charge is 0.341 e. The third kappa shape index (κ3) is 3.36. The molecule has 0 fully saturated rings. The fourth-order valence-corrected chi connectivity index (χ4v) is 2.43. The summed E-state index contributed by atoms with van der Waals surface area (Å²) in [6.45, 7) is 5.66. The highest BCUT2D eigenvalue weighted by Gasteiger charge is 2.24. The molecule has 0 saturated heterocycles. The second kappa shape index (κ2) is 7.36. The molecule has 0 aliphatic carbocycles. The first-order valence-corrected chi connectivity index (χ1v) is 7.59. The van der Waals surface area contributed by atoms with Crippen LogP contribution >= 0.6 is 11.6 Å². The van der Waals surface area contributed by atoms with Gasteiger partial charge in [-0.05, 0) is 17.7 Å². The Morgan fingerprint density at radius 2 is 1.96 bits per heavy atom. The predicted molar refractivity (Wildman–Crippen MR) is 90.8 cm³/mol. The fourth-order valence-electron chi connectivity index (χ4n) is 2.17. The van der Waals surface area contributed by atoms with Crippen LogP contribution in [0.2, 0.25) is 5.02 Å². The summed E-state index contributed by atoms with van der Waals surface area (Å²) in [4.78, 5) is 23.9. The van der Waals surface area contributed by atoms with Crippen LogP contribution in [0.15, 0.2) is 35.3 Å². The monoisotopic (exact) mass is 348 g/mol. The number of benzene rings is 1. The van der Waals surface area contributed by atoms with Crippen LogP contribution in [0.25, 0.3) is 5.57 Å². The first kappa shape index (κ1) is 17.8. The van der Waals surface area contributed by atoms with Gasteiger partial charge in [0, 0.05) is 18.1 Å². The number of rotatable bonds is 6. The molecule has 5 nitrogen and oxygen atoms in total. The molecule has 2 aromatic rings. The van der Waals surface area contributed by atoms with E-state index in [2.05, 4.69) is 6.58 Å². The third-order valence-corrected chi connectivity index (χ3v) is 3.80. The van der Waals surface area contributed by atoms with E-state index in [4.69, 9.17) is 25.5 Å². The molecule has 0 atom stereocenters. The first-order chi connectivity index (χ1) is 11.4. The first-order valence-electron chi connectivity index (χ1n) is 7.21. The summed E-state index contributed by atoms with van der Waals surface area (Å²) < 4.78 is 15.4. The summed E-state index contributed by atoms with van der Waals surface area (Å²) in [5.41, 5.74) is 1.19. The molecule has 0 aliphatic rings. The zero-order chi connectivity index (χ0) is 17.9. The Morgan fingerprint density at radius 3 is 2.50 bits per heavy atom. The summed E-state index contributed by atoms with van der Waals surface area (Å²) in [5, 5.41) is 0.396. The highest BCUT2D eigenvalue weighted by molar-refractivity contribution is 6.32. The molecule has 126 valence electrons. The SMILES string of the molecule is C=C(c1ccc(OC)c(Cl)c1)c1oc(C(=O)CC)cc1C(=O)OC. The van der Waals surface area contributed by atoms with Crippen molar-refractivity contribution in [2.45, 2.75) is 13.3 Å². The van der Waals surface area contributed by atoms with Gasteiger partial charge in [-0.25, -0.2) is 4.79 Å². The van der Waals surface area contributed by atoms with Gasteiger partial charge in [-0.3, -0.25) is 4.79 Å². The maximum absolute atomic E-state index is 12.0. The van der Waals surface area contributed by atoms with Crippen LogP contribution in [-0.2, 0) is 4.74 Å². The molecule has 1 aromatic heterocycles. The number of furan rings is 1. The molecule has 6 heteroatoms. The van der Waals surface area contributed by atoms with E-state index in [1.54, 1.807) is 25.1 Å². The molecule has 0 radical (unpaired) electrons. The molecule has 0 unspecified atom stereocenters. The Balaban J connectivity index is 2.51. The molecule has 0 N–H and O–H groups in total. The van der Waals surface area contributed by atoms with Gasteiger partial charge in [0.05, 0.1) is 19.2 Å². The van der Waals surface area contributed by atoms with Crippen LogP contribution in [0, 0.1) is 0 Å². The largest absolute Gasteiger partial charge is 0.495 e. The normalized spacial score (nSPS) is 10.3. The molecule has 0 saturated carbocycles. The van der Waals surface area contributed by atoms with E-state index >= 15 is 0 Å². The maximum atomic E-state index is 12.0. The summed E-state index contributed by atoms with van der Waals surface area (Å²) in [7, 11) is 2.77. The van der Waals surface area contributed by atoms with Gasteiger partial charge in [0.1, 0.15) is 17.1 Å². The van der Waals surface area contributed by atoms with Gasteiger partial charge in [-0.1, -0.05) is 31.2 Å². The van der Waals surface area contributed by atoms with Crippen molar-refractivity contribution in [1.29, 1.82) is 0 Å². The van der Waals surface area contributed by atoms with Crippen molar-refractivity contribution in [2.75, 3.05) is 14.2 Å². The average Bonchev–Trinajstić information content (AvgIpc) is 3.04. The number of carbonyl (C=O) groups excluding carboxylic acids is 2. The maximum Gasteiger partial charge on any atom is 0.341 e. The number of halogens is 1. The van der Waals surface area contributed by atoms with Gasteiger partial charge in [0.25, 0.3) is 0 Å². The lowest BCUT2D eigenvalue weighted by Crippen LogP contribution is -2.03. The van der Waals surface area contributed by atoms with E-state index in [1.165, 1.54) is 20.3 Å². The quantitative estimate of drug-likeness (QED) is 0.572. The Kier molecular flexibility index (Phi) is 5.46. The van der Waals surface area contributed by atoms with E-state index in [0.29, 0.717) is 21.9 Å². The number of esters is 1. The van der Waals surface area contributed by atoms with Gasteiger partial charge in [0.15, 0.2) is 11.5 Å². The van der Waals surface area contributed by atoms with Crippen molar-refractivity contribution in [3.05, 3.63) is 58.5 Å². The minimum Gasteiger partial charge on any atom is -0.495 e. The van der Waals surface area contributed by atoms with E-state index in [1.807, 2.05) is 0 Å². The third-order valence-electron chi connectivity index (χ3n) is 3.51. The summed E-state index contributed by atoms with van der Waals surface area (Å²) >= 11 is 6.13. The number of ether oxygens (including phenoxy) is 2. The standard InChI is InChI=1S/C18H17ClO5/c1-5-14(20)16-9-12(18(21)23-4)17(24-16)10(2)11-6-7-15(22-3)13(19)8-11/h6-9H,2,5H2,1,3-4H3. The molecule has 0 spiro atoms. The number of methoxy groups -OCH3 is 2. The van der Waals surface area contributed by atoms with Crippen LogP contribution in [-0.4, -0.2) is 26.0 Å². The lowest BCUT2D eigenvalue weighted by Gasteiger charge is -2.08. The minimum absolute atomic E-state index is 0.0914. The van der Waals surface area contributed by atoms with Gasteiger partial charge in [-0.2, -0.15) is 0 Å².